The Morgan fingerprint density at radius 2 is 1.70 bits per heavy atom. The summed E-state index contributed by atoms with van der Waals surface area (Å²) in [7, 11) is 0. The summed E-state index contributed by atoms with van der Waals surface area (Å²) < 4.78 is 46.7. The third kappa shape index (κ3) is 5.60. The van der Waals surface area contributed by atoms with E-state index in [1.54, 1.807) is 0 Å². The van der Waals surface area contributed by atoms with E-state index in [-0.39, 0.29) is 29.8 Å². The summed E-state index contributed by atoms with van der Waals surface area (Å²) in [6, 6.07) is -0.0315. The zero-order valence-corrected chi connectivity index (χ0v) is 18.2. The average Bonchev–Trinajstić information content (AvgIpc) is 3.14. The van der Waals surface area contributed by atoms with Crippen molar-refractivity contribution < 1.29 is 37.1 Å². The summed E-state index contributed by atoms with van der Waals surface area (Å²) >= 11 is 0. The average molecular weight is 478 g/mol. The highest BCUT2D eigenvalue weighted by Gasteiger charge is 2.42. The number of nitrogens with one attached hydrogen (secondary N) is 1. The lowest BCUT2D eigenvalue weighted by molar-refractivity contribution is -0.192. The van der Waals surface area contributed by atoms with Gasteiger partial charge in [-0.2, -0.15) is 13.2 Å². The maximum Gasteiger partial charge on any atom is 0.490 e. The molecule has 1 aromatic rings. The molecule has 1 atom stereocenters. The van der Waals surface area contributed by atoms with Gasteiger partial charge in [0, 0.05) is 44.7 Å². The van der Waals surface area contributed by atoms with E-state index in [1.807, 2.05) is 23.3 Å². The van der Waals surface area contributed by atoms with Crippen molar-refractivity contribution in [2.45, 2.75) is 57.7 Å². The molecule has 33 heavy (non-hydrogen) atoms. The van der Waals surface area contributed by atoms with Gasteiger partial charge in [-0.05, 0) is 26.7 Å². The summed E-state index contributed by atoms with van der Waals surface area (Å²) in [5, 5.41) is 18.3. The molecule has 1 saturated heterocycles. The number of nitrogens with zero attached hydrogens (tertiary/aromatic N) is 5. The number of carbonyl (C=O) groups is 3. The molecule has 0 radical (unpaired) electrons. The molecule has 14 heteroatoms. The third-order valence-electron chi connectivity index (χ3n) is 5.79. The fourth-order valence-corrected chi connectivity index (χ4v) is 4.05. The van der Waals surface area contributed by atoms with Crippen LogP contribution in [0.1, 0.15) is 49.2 Å². The summed E-state index contributed by atoms with van der Waals surface area (Å²) in [6.45, 7) is 7.23. The molecule has 10 nitrogen and oxygen atoms in total. The van der Waals surface area contributed by atoms with E-state index >= 15 is 0 Å². The predicted octanol–water partition coefficient (Wildman–Crippen LogP) is 0.997. The molecule has 4 rings (SSSR count). The van der Waals surface area contributed by atoms with Crippen LogP contribution in [0.2, 0.25) is 0 Å². The molecule has 1 unspecified atom stereocenters. The molecule has 3 heterocycles. The van der Waals surface area contributed by atoms with Crippen molar-refractivity contribution in [2.75, 3.05) is 26.2 Å². The summed E-state index contributed by atoms with van der Waals surface area (Å²) in [4.78, 5) is 37.9. The van der Waals surface area contributed by atoms with Gasteiger partial charge >= 0.3 is 12.1 Å². The second-order valence-electron chi connectivity index (χ2n) is 8.57. The number of piperazine rings is 1. The standard InChI is InChI=1S/C17H25FN6O2.C2HF3O2/c1-10(2)19-16(25)15-21-20-14-13-9-23(17(26)11-7-12(18)8-11)4-3-22(13)5-6-24(14)15;3-2(4,5)1(6)7/h10-13H,3-9H2,1-2H3,(H,19,25);(H,6,7). The SMILES string of the molecule is CC(C)NC(=O)c1nnc2n1CCN1CCN(C(=O)C3CC(F)C3)CC21.O=C(O)C(F)(F)F. The molecule has 2 aliphatic heterocycles. The number of carboxylic acid groups (broad SMARTS) is 1. The lowest BCUT2D eigenvalue weighted by Crippen LogP contribution is -2.55. The van der Waals surface area contributed by atoms with Crippen LogP contribution in [0.5, 0.6) is 0 Å². The first-order valence-corrected chi connectivity index (χ1v) is 10.6. The molecule has 2 fully saturated rings. The van der Waals surface area contributed by atoms with Crippen molar-refractivity contribution in [1.82, 2.24) is 29.9 Å². The van der Waals surface area contributed by atoms with Crippen LogP contribution >= 0.6 is 0 Å². The number of fused-ring (bicyclic) bond motifs is 3. The van der Waals surface area contributed by atoms with E-state index in [1.165, 1.54) is 0 Å². The molecular formula is C19H26F4N6O4. The predicted molar refractivity (Wildman–Crippen MR) is 105 cm³/mol. The van der Waals surface area contributed by atoms with Crippen molar-refractivity contribution in [1.29, 1.82) is 0 Å². The number of hydrogen-bond donors (Lipinski definition) is 2. The van der Waals surface area contributed by atoms with Gasteiger partial charge in [0.25, 0.3) is 5.91 Å². The van der Waals surface area contributed by atoms with Gasteiger partial charge in [0.2, 0.25) is 11.7 Å². The minimum atomic E-state index is -5.08. The summed E-state index contributed by atoms with van der Waals surface area (Å²) in [6.07, 6.45) is -5.22. The zero-order valence-electron chi connectivity index (χ0n) is 18.2. The number of hydrogen-bond acceptors (Lipinski definition) is 6. The van der Waals surface area contributed by atoms with Crippen molar-refractivity contribution in [2.24, 2.45) is 5.92 Å². The first-order chi connectivity index (χ1) is 15.4. The highest BCUT2D eigenvalue weighted by molar-refractivity contribution is 5.90. The molecule has 3 aliphatic rings. The molecule has 184 valence electrons. The zero-order chi connectivity index (χ0) is 24.5. The number of aromatic nitrogens is 3. The molecule has 0 spiro atoms. The van der Waals surface area contributed by atoms with Gasteiger partial charge in [-0.15, -0.1) is 10.2 Å². The van der Waals surface area contributed by atoms with E-state index in [0.717, 1.165) is 18.9 Å². The Bertz CT molecular complexity index is 899. The second-order valence-corrected chi connectivity index (χ2v) is 8.57. The number of aliphatic carboxylic acids is 1. The van der Waals surface area contributed by atoms with Gasteiger partial charge in [0.1, 0.15) is 6.17 Å². The molecule has 1 saturated carbocycles. The van der Waals surface area contributed by atoms with Crippen LogP contribution in [-0.4, -0.2) is 92.0 Å². The lowest BCUT2D eigenvalue weighted by atomic mass is 9.82. The van der Waals surface area contributed by atoms with Crippen molar-refractivity contribution in [3.8, 4) is 0 Å². The van der Waals surface area contributed by atoms with Crippen molar-refractivity contribution in [3.05, 3.63) is 11.6 Å². The van der Waals surface area contributed by atoms with Crippen LogP contribution < -0.4 is 5.32 Å². The Kier molecular flexibility index (Phi) is 7.24. The fourth-order valence-electron chi connectivity index (χ4n) is 4.05. The molecule has 2 N–H and O–H groups in total. The number of carbonyl (C=O) groups excluding carboxylic acids is 2. The maximum atomic E-state index is 13.1. The van der Waals surface area contributed by atoms with E-state index in [4.69, 9.17) is 9.90 Å². The van der Waals surface area contributed by atoms with Crippen LogP contribution in [0.3, 0.4) is 0 Å². The van der Waals surface area contributed by atoms with Gasteiger partial charge in [0.15, 0.2) is 5.82 Å². The van der Waals surface area contributed by atoms with E-state index in [0.29, 0.717) is 38.3 Å². The maximum absolute atomic E-state index is 13.1. The Morgan fingerprint density at radius 3 is 2.24 bits per heavy atom. The molecule has 2 amide bonds. The smallest absolute Gasteiger partial charge is 0.475 e. The first kappa shape index (κ1) is 24.9. The minimum Gasteiger partial charge on any atom is -0.475 e. The Hall–Kier alpha value is -2.77. The fraction of sp³-hybridized carbons (Fsp3) is 0.737. The molecule has 0 aromatic carbocycles. The molecule has 1 aliphatic carbocycles. The summed E-state index contributed by atoms with van der Waals surface area (Å²) in [5.74, 6) is -2.04. The third-order valence-corrected chi connectivity index (χ3v) is 5.79. The van der Waals surface area contributed by atoms with Crippen LogP contribution in [0, 0.1) is 5.92 Å². The van der Waals surface area contributed by atoms with Gasteiger partial charge in [-0.1, -0.05) is 0 Å². The van der Waals surface area contributed by atoms with E-state index in [2.05, 4.69) is 20.4 Å². The normalized spacial score (nSPS) is 24.7. The second kappa shape index (κ2) is 9.61. The molecule has 1 aromatic heterocycles. The Labute approximate surface area is 186 Å². The largest absolute Gasteiger partial charge is 0.490 e. The van der Waals surface area contributed by atoms with Crippen LogP contribution in [0.25, 0.3) is 0 Å². The number of amides is 2. The number of alkyl halides is 4. The van der Waals surface area contributed by atoms with E-state index in [9.17, 15) is 27.2 Å². The topological polar surface area (TPSA) is 121 Å². The lowest BCUT2D eigenvalue weighted by Gasteiger charge is -2.45. The van der Waals surface area contributed by atoms with Gasteiger partial charge < -0.3 is 19.9 Å². The van der Waals surface area contributed by atoms with Crippen LogP contribution in [0.15, 0.2) is 0 Å². The van der Waals surface area contributed by atoms with Crippen molar-refractivity contribution in [3.63, 3.8) is 0 Å². The van der Waals surface area contributed by atoms with Crippen LogP contribution in [0.4, 0.5) is 17.6 Å². The number of halogens is 4. The monoisotopic (exact) mass is 478 g/mol. The van der Waals surface area contributed by atoms with Gasteiger partial charge in [0.05, 0.1) is 6.04 Å². The minimum absolute atomic E-state index is 0.0279. The number of rotatable bonds is 3. The van der Waals surface area contributed by atoms with Crippen molar-refractivity contribution >= 4 is 17.8 Å². The van der Waals surface area contributed by atoms with Crippen LogP contribution in [-0.2, 0) is 16.1 Å². The highest BCUT2D eigenvalue weighted by atomic mass is 19.4. The summed E-state index contributed by atoms with van der Waals surface area (Å²) in [5.41, 5.74) is 0. The Balaban J connectivity index is 0.000000383. The number of carboxylic acids is 1. The highest BCUT2D eigenvalue weighted by Crippen LogP contribution is 2.34. The quantitative estimate of drug-likeness (QED) is 0.622. The molecular weight excluding hydrogens is 452 g/mol. The first-order valence-electron chi connectivity index (χ1n) is 10.6. The van der Waals surface area contributed by atoms with E-state index < -0.39 is 18.3 Å². The molecule has 0 bridgehead atoms. The van der Waals surface area contributed by atoms with Gasteiger partial charge in [-0.3, -0.25) is 14.5 Å². The van der Waals surface area contributed by atoms with Gasteiger partial charge in [-0.25, -0.2) is 9.18 Å². The Morgan fingerprint density at radius 1 is 1.09 bits per heavy atom.